The van der Waals surface area contributed by atoms with Gasteiger partial charge >= 0.3 is 6.03 Å². The third kappa shape index (κ3) is 4.33. The van der Waals surface area contributed by atoms with Crippen LogP contribution in [0.15, 0.2) is 48.5 Å². The summed E-state index contributed by atoms with van der Waals surface area (Å²) < 4.78 is 11.3. The summed E-state index contributed by atoms with van der Waals surface area (Å²) in [4.78, 5) is 38.9. The highest BCUT2D eigenvalue weighted by atomic mass is 16.5. The van der Waals surface area contributed by atoms with Crippen molar-refractivity contribution < 1.29 is 23.9 Å². The van der Waals surface area contributed by atoms with Gasteiger partial charge in [-0.3, -0.25) is 14.5 Å². The number of carbonyl (C=O) groups is 3. The Morgan fingerprint density at radius 2 is 1.84 bits per heavy atom. The first kappa shape index (κ1) is 20.7. The second-order valence-corrected chi connectivity index (χ2v) is 7.74. The molecule has 1 saturated heterocycles. The van der Waals surface area contributed by atoms with Crippen LogP contribution in [0.4, 0.5) is 4.79 Å². The first-order chi connectivity index (χ1) is 15.0. The lowest BCUT2D eigenvalue weighted by Crippen LogP contribution is -2.43. The molecule has 2 aromatic rings. The third-order valence-electron chi connectivity index (χ3n) is 5.48. The summed E-state index contributed by atoms with van der Waals surface area (Å²) in [6, 6.07) is 14.3. The average Bonchev–Trinajstić information content (AvgIpc) is 2.94. The molecule has 8 nitrogen and oxygen atoms in total. The number of rotatable bonds is 6. The highest BCUT2D eigenvalue weighted by Gasteiger charge is 2.49. The second kappa shape index (κ2) is 8.67. The monoisotopic (exact) mass is 423 g/mol. The number of amides is 4. The predicted octanol–water partition coefficient (Wildman–Crippen LogP) is 1.97. The third-order valence-corrected chi connectivity index (χ3v) is 5.48. The summed E-state index contributed by atoms with van der Waals surface area (Å²) in [5.74, 6) is 0.277. The highest BCUT2D eigenvalue weighted by molar-refractivity contribution is 6.09. The molecule has 1 fully saturated rings. The lowest BCUT2D eigenvalue weighted by molar-refractivity contribution is -0.134. The first-order valence-corrected chi connectivity index (χ1v) is 10.3. The van der Waals surface area contributed by atoms with Crippen LogP contribution in [0.2, 0.25) is 0 Å². The molecule has 0 unspecified atom stereocenters. The van der Waals surface area contributed by atoms with E-state index < -0.39 is 17.5 Å². The fraction of sp³-hybridized carbons (Fsp3) is 0.348. The smallest absolute Gasteiger partial charge is 0.325 e. The Hall–Kier alpha value is -3.55. The molecule has 2 aromatic carbocycles. The van der Waals surface area contributed by atoms with E-state index >= 15 is 0 Å². The fourth-order valence-electron chi connectivity index (χ4n) is 3.70. The summed E-state index contributed by atoms with van der Waals surface area (Å²) in [6.07, 6.45) is 1.44. The molecule has 0 aromatic heterocycles. The van der Waals surface area contributed by atoms with Gasteiger partial charge in [-0.05, 0) is 36.6 Å². The van der Waals surface area contributed by atoms with E-state index in [4.69, 9.17) is 9.47 Å². The minimum absolute atomic E-state index is 0.334. The number of imide groups is 1. The molecule has 4 amide bonds. The minimum Gasteiger partial charge on any atom is -0.490 e. The van der Waals surface area contributed by atoms with E-state index in [0.717, 1.165) is 16.9 Å². The number of urea groups is 1. The van der Waals surface area contributed by atoms with Crippen LogP contribution in [0.1, 0.15) is 24.5 Å². The predicted molar refractivity (Wildman–Crippen MR) is 113 cm³/mol. The molecule has 2 N–H and O–H groups in total. The molecule has 0 aliphatic carbocycles. The van der Waals surface area contributed by atoms with Gasteiger partial charge in [0.15, 0.2) is 11.5 Å². The van der Waals surface area contributed by atoms with Crippen LogP contribution in [-0.4, -0.2) is 49.0 Å². The van der Waals surface area contributed by atoms with Crippen molar-refractivity contribution in [3.8, 4) is 11.5 Å². The molecule has 2 aliphatic heterocycles. The summed E-state index contributed by atoms with van der Waals surface area (Å²) in [6.45, 7) is 2.79. The van der Waals surface area contributed by atoms with E-state index in [9.17, 15) is 14.4 Å². The summed E-state index contributed by atoms with van der Waals surface area (Å²) in [5, 5.41) is 5.48. The van der Waals surface area contributed by atoms with Gasteiger partial charge in [-0.1, -0.05) is 36.4 Å². The van der Waals surface area contributed by atoms with Crippen molar-refractivity contribution in [3.05, 3.63) is 59.7 Å². The Bertz CT molecular complexity index is 994. The van der Waals surface area contributed by atoms with Gasteiger partial charge in [0, 0.05) is 13.0 Å². The molecule has 0 bridgehead atoms. The van der Waals surface area contributed by atoms with Gasteiger partial charge in [-0.25, -0.2) is 4.79 Å². The van der Waals surface area contributed by atoms with E-state index in [0.29, 0.717) is 43.2 Å². The zero-order valence-corrected chi connectivity index (χ0v) is 17.3. The molecule has 1 atom stereocenters. The van der Waals surface area contributed by atoms with Crippen LogP contribution in [0.5, 0.6) is 11.5 Å². The van der Waals surface area contributed by atoms with Crippen LogP contribution in [0.25, 0.3) is 0 Å². The van der Waals surface area contributed by atoms with Crippen LogP contribution in [-0.2, 0) is 21.5 Å². The Labute approximate surface area is 180 Å². The van der Waals surface area contributed by atoms with E-state index in [1.54, 1.807) is 25.1 Å². The molecular formula is C23H25N3O5. The zero-order chi connectivity index (χ0) is 21.8. The van der Waals surface area contributed by atoms with Gasteiger partial charge in [-0.2, -0.15) is 0 Å². The number of ether oxygens (including phenoxy) is 2. The number of nitrogens with one attached hydrogen (secondary N) is 2. The van der Waals surface area contributed by atoms with E-state index in [2.05, 4.69) is 10.6 Å². The number of nitrogens with zero attached hydrogens (tertiary/aromatic N) is 1. The van der Waals surface area contributed by atoms with Gasteiger partial charge in [0.2, 0.25) is 5.91 Å². The van der Waals surface area contributed by atoms with Crippen molar-refractivity contribution in [1.82, 2.24) is 15.5 Å². The van der Waals surface area contributed by atoms with Crippen molar-refractivity contribution in [3.63, 3.8) is 0 Å². The topological polar surface area (TPSA) is 97.0 Å². The number of carbonyl (C=O) groups excluding carboxylic acids is 3. The molecule has 0 spiro atoms. The molecule has 2 heterocycles. The van der Waals surface area contributed by atoms with Crippen molar-refractivity contribution in [2.75, 3.05) is 26.3 Å². The molecule has 0 radical (unpaired) electrons. The first-order valence-electron chi connectivity index (χ1n) is 10.3. The quantitative estimate of drug-likeness (QED) is 0.693. The summed E-state index contributed by atoms with van der Waals surface area (Å²) in [5.41, 5.74) is 0.383. The molecule has 4 rings (SSSR count). The van der Waals surface area contributed by atoms with E-state index in [1.807, 2.05) is 30.3 Å². The lowest BCUT2D eigenvalue weighted by atomic mass is 9.91. The standard InChI is InChI=1S/C23H25N3O5/c1-23(17-8-9-18-19(14-17)31-13-5-12-30-18)21(28)26(22(29)25-23)15-20(27)24-11-10-16-6-3-2-4-7-16/h2-4,6-9,14H,5,10-13,15H2,1H3,(H,24,27)(H,25,29)/t23-/m1/s1. The highest BCUT2D eigenvalue weighted by Crippen LogP contribution is 2.36. The van der Waals surface area contributed by atoms with Crippen LogP contribution < -0.4 is 20.1 Å². The maximum atomic E-state index is 13.1. The van der Waals surface area contributed by atoms with Gasteiger partial charge < -0.3 is 20.1 Å². The van der Waals surface area contributed by atoms with Crippen molar-refractivity contribution in [1.29, 1.82) is 0 Å². The fourth-order valence-corrected chi connectivity index (χ4v) is 3.70. The Morgan fingerprint density at radius 1 is 1.10 bits per heavy atom. The maximum Gasteiger partial charge on any atom is 0.325 e. The van der Waals surface area contributed by atoms with E-state index in [-0.39, 0.29) is 12.5 Å². The van der Waals surface area contributed by atoms with Crippen LogP contribution >= 0.6 is 0 Å². The molecule has 2 aliphatic rings. The number of hydrogen-bond acceptors (Lipinski definition) is 5. The second-order valence-electron chi connectivity index (χ2n) is 7.74. The molecule has 162 valence electrons. The largest absolute Gasteiger partial charge is 0.490 e. The summed E-state index contributed by atoms with van der Waals surface area (Å²) >= 11 is 0. The Balaban J connectivity index is 1.41. The van der Waals surface area contributed by atoms with Crippen LogP contribution in [0, 0.1) is 0 Å². The van der Waals surface area contributed by atoms with Gasteiger partial charge in [0.25, 0.3) is 5.91 Å². The summed E-state index contributed by atoms with van der Waals surface area (Å²) in [7, 11) is 0. The Kier molecular flexibility index (Phi) is 5.79. The van der Waals surface area contributed by atoms with Crippen LogP contribution in [0.3, 0.4) is 0 Å². The maximum absolute atomic E-state index is 13.1. The van der Waals surface area contributed by atoms with Gasteiger partial charge in [0.05, 0.1) is 13.2 Å². The van der Waals surface area contributed by atoms with E-state index in [1.165, 1.54) is 0 Å². The average molecular weight is 423 g/mol. The zero-order valence-electron chi connectivity index (χ0n) is 17.3. The molecule has 0 saturated carbocycles. The molecular weight excluding hydrogens is 398 g/mol. The normalized spacial score (nSPS) is 20.2. The van der Waals surface area contributed by atoms with Gasteiger partial charge in [0.1, 0.15) is 12.1 Å². The number of hydrogen-bond donors (Lipinski definition) is 2. The number of benzene rings is 2. The van der Waals surface area contributed by atoms with Crippen molar-refractivity contribution in [2.24, 2.45) is 0 Å². The van der Waals surface area contributed by atoms with Gasteiger partial charge in [-0.15, -0.1) is 0 Å². The Morgan fingerprint density at radius 3 is 2.61 bits per heavy atom. The molecule has 8 heteroatoms. The van der Waals surface area contributed by atoms with Crippen molar-refractivity contribution >= 4 is 17.8 Å². The SMILES string of the molecule is C[C@]1(c2ccc3c(c2)OCCCO3)NC(=O)N(CC(=O)NCCc2ccccc2)C1=O. The molecule has 31 heavy (non-hydrogen) atoms. The lowest BCUT2D eigenvalue weighted by Gasteiger charge is -2.23. The van der Waals surface area contributed by atoms with Crippen molar-refractivity contribution in [2.45, 2.75) is 25.3 Å². The number of fused-ring (bicyclic) bond motifs is 1. The minimum atomic E-state index is -1.29.